The minimum atomic E-state index is 0.177. The highest BCUT2D eigenvalue weighted by Gasteiger charge is 2.18. The van der Waals surface area contributed by atoms with Crippen molar-refractivity contribution in [3.05, 3.63) is 29.3 Å². The highest BCUT2D eigenvalue weighted by Crippen LogP contribution is 2.23. The van der Waals surface area contributed by atoms with Crippen LogP contribution >= 0.6 is 0 Å². The van der Waals surface area contributed by atoms with E-state index in [0.717, 1.165) is 56.4 Å². The Kier molecular flexibility index (Phi) is 4.60. The summed E-state index contributed by atoms with van der Waals surface area (Å²) in [4.78, 5) is 4.43. The predicted octanol–water partition coefficient (Wildman–Crippen LogP) is 1.60. The summed E-state index contributed by atoms with van der Waals surface area (Å²) in [6.45, 7) is 6.17. The lowest BCUT2D eigenvalue weighted by atomic mass is 10.1. The second-order valence-electron chi connectivity index (χ2n) is 5.58. The Hall–Kier alpha value is -1.75. The van der Waals surface area contributed by atoms with E-state index < -0.39 is 0 Å². The maximum absolute atomic E-state index is 6.10. The summed E-state index contributed by atoms with van der Waals surface area (Å²) in [7, 11) is 0. The lowest BCUT2D eigenvalue weighted by Gasteiger charge is -2.19. The van der Waals surface area contributed by atoms with Crippen molar-refractivity contribution in [2.24, 2.45) is 4.99 Å². The first-order chi connectivity index (χ1) is 10.3. The molecule has 5 nitrogen and oxygen atoms in total. The van der Waals surface area contributed by atoms with Gasteiger partial charge in [-0.05, 0) is 25.0 Å². The standard InChI is InChI=1S/C16H23N3O2/c1-12-3-4-13(10-19-16-17-6-2-7-18-16)15(9-12)21-14-5-8-20-11-14/h3-4,9,14H,2,5-8,10-11H2,1H3,(H2,17,18,19). The van der Waals surface area contributed by atoms with Crippen LogP contribution in [-0.4, -0.2) is 38.4 Å². The lowest BCUT2D eigenvalue weighted by molar-refractivity contribution is 0.140. The second kappa shape index (κ2) is 6.80. The summed E-state index contributed by atoms with van der Waals surface area (Å²) in [5.41, 5.74) is 2.36. The predicted molar refractivity (Wildman–Crippen MR) is 82.8 cm³/mol. The number of benzene rings is 1. The van der Waals surface area contributed by atoms with E-state index in [4.69, 9.17) is 9.47 Å². The summed E-state index contributed by atoms with van der Waals surface area (Å²) < 4.78 is 11.5. The summed E-state index contributed by atoms with van der Waals surface area (Å²) >= 11 is 0. The molecule has 1 aromatic rings. The molecule has 1 aromatic carbocycles. The normalized spacial score (nSPS) is 21.6. The largest absolute Gasteiger partial charge is 0.488 e. The molecule has 2 N–H and O–H groups in total. The fraction of sp³-hybridized carbons (Fsp3) is 0.562. The molecule has 0 aromatic heterocycles. The first kappa shape index (κ1) is 14.2. The van der Waals surface area contributed by atoms with E-state index >= 15 is 0 Å². The van der Waals surface area contributed by atoms with Crippen molar-refractivity contribution in [3.8, 4) is 5.75 Å². The van der Waals surface area contributed by atoms with Crippen molar-refractivity contribution in [1.29, 1.82) is 0 Å². The molecule has 21 heavy (non-hydrogen) atoms. The Morgan fingerprint density at radius 1 is 1.48 bits per heavy atom. The van der Waals surface area contributed by atoms with Crippen LogP contribution in [0.15, 0.2) is 23.2 Å². The third-order valence-corrected chi connectivity index (χ3v) is 3.75. The zero-order valence-corrected chi connectivity index (χ0v) is 12.5. The van der Waals surface area contributed by atoms with E-state index in [-0.39, 0.29) is 6.10 Å². The molecule has 114 valence electrons. The zero-order valence-electron chi connectivity index (χ0n) is 12.5. The molecular weight excluding hydrogens is 266 g/mol. The molecule has 1 atom stereocenters. The number of ether oxygens (including phenoxy) is 2. The average molecular weight is 289 g/mol. The fourth-order valence-corrected chi connectivity index (χ4v) is 2.53. The summed E-state index contributed by atoms with van der Waals surface area (Å²) in [5.74, 6) is 1.84. The van der Waals surface area contributed by atoms with Crippen molar-refractivity contribution in [2.45, 2.75) is 32.4 Å². The molecule has 5 heteroatoms. The summed E-state index contributed by atoms with van der Waals surface area (Å²) in [5, 5.41) is 6.62. The fourth-order valence-electron chi connectivity index (χ4n) is 2.53. The topological polar surface area (TPSA) is 54.9 Å². The molecule has 3 rings (SSSR count). The Bertz CT molecular complexity index is 510. The van der Waals surface area contributed by atoms with Crippen LogP contribution in [0.2, 0.25) is 0 Å². The highest BCUT2D eigenvalue weighted by atomic mass is 16.5. The number of aliphatic imine (C=N–C) groups is 1. The molecule has 0 spiro atoms. The summed E-state index contributed by atoms with van der Waals surface area (Å²) in [6, 6.07) is 6.34. The van der Waals surface area contributed by atoms with Crippen LogP contribution in [0.25, 0.3) is 0 Å². The van der Waals surface area contributed by atoms with E-state index in [1.165, 1.54) is 5.56 Å². The Morgan fingerprint density at radius 3 is 3.19 bits per heavy atom. The van der Waals surface area contributed by atoms with Gasteiger partial charge in [0.1, 0.15) is 11.9 Å². The second-order valence-corrected chi connectivity index (χ2v) is 5.58. The van der Waals surface area contributed by atoms with Crippen molar-refractivity contribution < 1.29 is 9.47 Å². The minimum absolute atomic E-state index is 0.177. The molecule has 2 aliphatic heterocycles. The van der Waals surface area contributed by atoms with Gasteiger partial charge in [0.2, 0.25) is 0 Å². The van der Waals surface area contributed by atoms with Gasteiger partial charge in [0.15, 0.2) is 5.96 Å². The van der Waals surface area contributed by atoms with Gasteiger partial charge in [-0.3, -0.25) is 4.99 Å². The monoisotopic (exact) mass is 289 g/mol. The van der Waals surface area contributed by atoms with E-state index in [2.05, 4.69) is 40.7 Å². The molecule has 2 aliphatic rings. The number of hydrogen-bond acceptors (Lipinski definition) is 5. The number of guanidine groups is 1. The minimum Gasteiger partial charge on any atom is -0.488 e. The average Bonchev–Trinajstić information content (AvgIpc) is 3.00. The Morgan fingerprint density at radius 2 is 2.43 bits per heavy atom. The van der Waals surface area contributed by atoms with Crippen molar-refractivity contribution in [3.63, 3.8) is 0 Å². The number of hydrogen-bond donors (Lipinski definition) is 2. The molecule has 0 aliphatic carbocycles. The van der Waals surface area contributed by atoms with Gasteiger partial charge in [0.25, 0.3) is 0 Å². The number of nitrogens with one attached hydrogen (secondary N) is 2. The van der Waals surface area contributed by atoms with Gasteiger partial charge in [0, 0.05) is 31.6 Å². The molecular formula is C16H23N3O2. The maximum Gasteiger partial charge on any atom is 0.191 e. The van der Waals surface area contributed by atoms with Crippen LogP contribution < -0.4 is 15.4 Å². The van der Waals surface area contributed by atoms with Crippen LogP contribution in [0.3, 0.4) is 0 Å². The molecule has 0 radical (unpaired) electrons. The van der Waals surface area contributed by atoms with Crippen LogP contribution in [-0.2, 0) is 11.3 Å². The van der Waals surface area contributed by atoms with Crippen molar-refractivity contribution in [1.82, 2.24) is 10.6 Å². The third-order valence-electron chi connectivity index (χ3n) is 3.75. The van der Waals surface area contributed by atoms with Gasteiger partial charge < -0.3 is 20.1 Å². The molecule has 0 saturated carbocycles. The quantitative estimate of drug-likeness (QED) is 0.884. The van der Waals surface area contributed by atoms with Crippen LogP contribution in [0.1, 0.15) is 24.0 Å². The number of aryl methyl sites for hydroxylation is 1. The van der Waals surface area contributed by atoms with E-state index in [1.54, 1.807) is 0 Å². The molecule has 1 saturated heterocycles. The molecule has 0 amide bonds. The van der Waals surface area contributed by atoms with Crippen LogP contribution in [0, 0.1) is 6.92 Å². The van der Waals surface area contributed by atoms with Gasteiger partial charge in [-0.1, -0.05) is 12.1 Å². The van der Waals surface area contributed by atoms with Crippen molar-refractivity contribution in [2.75, 3.05) is 26.3 Å². The van der Waals surface area contributed by atoms with Crippen LogP contribution in [0.4, 0.5) is 0 Å². The maximum atomic E-state index is 6.10. The molecule has 2 heterocycles. The van der Waals surface area contributed by atoms with Crippen molar-refractivity contribution >= 4 is 5.96 Å². The van der Waals surface area contributed by atoms with Gasteiger partial charge >= 0.3 is 0 Å². The Labute approximate surface area is 125 Å². The van der Waals surface area contributed by atoms with Gasteiger partial charge in [-0.15, -0.1) is 0 Å². The first-order valence-electron chi connectivity index (χ1n) is 7.67. The number of nitrogens with zero attached hydrogens (tertiary/aromatic N) is 1. The van der Waals surface area contributed by atoms with Gasteiger partial charge in [-0.2, -0.15) is 0 Å². The Balaban J connectivity index is 1.66. The van der Waals surface area contributed by atoms with Gasteiger partial charge in [0.05, 0.1) is 13.2 Å². The van der Waals surface area contributed by atoms with E-state index in [9.17, 15) is 0 Å². The molecule has 1 fully saturated rings. The zero-order chi connectivity index (χ0) is 14.5. The first-order valence-corrected chi connectivity index (χ1v) is 7.67. The summed E-state index contributed by atoms with van der Waals surface area (Å²) in [6.07, 6.45) is 2.25. The van der Waals surface area contributed by atoms with E-state index in [1.807, 2.05) is 0 Å². The molecule has 0 bridgehead atoms. The van der Waals surface area contributed by atoms with Gasteiger partial charge in [-0.25, -0.2) is 0 Å². The number of rotatable bonds is 4. The van der Waals surface area contributed by atoms with E-state index in [0.29, 0.717) is 6.61 Å². The van der Waals surface area contributed by atoms with Crippen LogP contribution in [0.5, 0.6) is 5.75 Å². The molecule has 1 unspecified atom stereocenters. The lowest BCUT2D eigenvalue weighted by Crippen LogP contribution is -2.40. The third kappa shape index (κ3) is 3.88. The highest BCUT2D eigenvalue weighted by molar-refractivity contribution is 5.80. The smallest absolute Gasteiger partial charge is 0.191 e. The SMILES string of the molecule is Cc1ccc(CNC2=NCCCN2)c(OC2CCOC2)c1.